The number of carbonyl (C=O) groups excluding carboxylic acids is 3. The molecule has 1 aromatic carbocycles. The van der Waals surface area contributed by atoms with Gasteiger partial charge >= 0.3 is 12.1 Å². The quantitative estimate of drug-likeness (QED) is 0.0819. The van der Waals surface area contributed by atoms with Gasteiger partial charge < -0.3 is 30.3 Å². The highest BCUT2D eigenvalue weighted by atomic mass is 32.1. The van der Waals surface area contributed by atoms with Crippen molar-refractivity contribution in [3.05, 3.63) is 66.2 Å². The number of urea groups is 2. The molecule has 4 amide bonds. The number of thiophene rings is 1. The SMILES string of the molecule is CCNC(=O)N1CC(NC(=O)Nc2ccc(Oc3ccnc4cc(-c5ccc(CCCCC(CCOC)C(=O)CC(CC)CC)cn5)sc34)c(F)c2)C1. The molecule has 4 aromatic rings. The lowest BCUT2D eigenvalue weighted by atomic mass is 9.86. The summed E-state index contributed by atoms with van der Waals surface area (Å²) < 4.78 is 27.2. The van der Waals surface area contributed by atoms with Gasteiger partial charge in [-0.15, -0.1) is 11.3 Å². The van der Waals surface area contributed by atoms with Gasteiger partial charge in [-0.25, -0.2) is 14.0 Å². The number of ketones is 1. The first-order valence-electron chi connectivity index (χ1n) is 18.6. The number of amides is 4. The molecular formula is C40H51FN6O5S. The van der Waals surface area contributed by atoms with Crippen molar-refractivity contribution in [3.8, 4) is 22.1 Å². The molecule has 5 rings (SSSR count). The highest BCUT2D eigenvalue weighted by Gasteiger charge is 2.31. The summed E-state index contributed by atoms with van der Waals surface area (Å²) in [4.78, 5) is 49.0. The number of hydrogen-bond donors (Lipinski definition) is 3. The first-order chi connectivity index (χ1) is 25.7. The molecule has 1 aliphatic heterocycles. The molecule has 1 fully saturated rings. The minimum Gasteiger partial charge on any atom is -0.453 e. The topological polar surface area (TPSA) is 135 Å². The van der Waals surface area contributed by atoms with E-state index < -0.39 is 11.8 Å². The average Bonchev–Trinajstić information content (AvgIpc) is 3.58. The first kappa shape index (κ1) is 39.6. The Labute approximate surface area is 315 Å². The smallest absolute Gasteiger partial charge is 0.319 e. The maximum Gasteiger partial charge on any atom is 0.319 e. The fourth-order valence-corrected chi connectivity index (χ4v) is 7.49. The third kappa shape index (κ3) is 11.0. The highest BCUT2D eigenvalue weighted by molar-refractivity contribution is 7.22. The Morgan fingerprint density at radius 1 is 1.00 bits per heavy atom. The summed E-state index contributed by atoms with van der Waals surface area (Å²) in [6.07, 6.45) is 10.8. The lowest BCUT2D eigenvalue weighted by Gasteiger charge is -2.39. The van der Waals surface area contributed by atoms with Gasteiger partial charge in [0.05, 0.1) is 26.8 Å². The molecule has 1 atom stereocenters. The molecule has 1 aliphatic rings. The van der Waals surface area contributed by atoms with Crippen molar-refractivity contribution in [2.75, 3.05) is 38.7 Å². The molecule has 3 N–H and O–H groups in total. The van der Waals surface area contributed by atoms with E-state index in [0.717, 1.165) is 65.8 Å². The maximum atomic E-state index is 15.2. The largest absolute Gasteiger partial charge is 0.453 e. The maximum absolute atomic E-state index is 15.2. The number of methoxy groups -OCH3 is 1. The summed E-state index contributed by atoms with van der Waals surface area (Å²) >= 11 is 1.47. The second kappa shape index (κ2) is 19.5. The molecular weight excluding hydrogens is 696 g/mol. The molecule has 1 saturated heterocycles. The van der Waals surface area contributed by atoms with Crippen molar-refractivity contribution in [2.45, 2.75) is 78.2 Å². The molecule has 53 heavy (non-hydrogen) atoms. The number of likely N-dealkylation sites (tertiary alicyclic amines) is 1. The van der Waals surface area contributed by atoms with Crippen LogP contribution in [0.5, 0.6) is 11.5 Å². The van der Waals surface area contributed by atoms with E-state index in [0.29, 0.717) is 55.6 Å². The number of anilines is 1. The van der Waals surface area contributed by atoms with Gasteiger partial charge in [-0.05, 0) is 68.4 Å². The standard InChI is InChI=1S/C40H51FN6O5S/c1-5-26(6-2)20-34(48)28(17-19-51-4)11-9-8-10-27-12-14-32(44-23-27)37-22-33-38(53-37)36(16-18-43-33)52-35-15-13-29(21-31(35)41)45-39(49)46-30-24-47(25-30)40(50)42-7-3/h12-16,18,21-23,26,28,30H,5-11,17,19-20,24-25H2,1-4H3,(H,42,50)(H2,45,46,49). The highest BCUT2D eigenvalue weighted by Crippen LogP contribution is 2.39. The third-order valence-electron chi connectivity index (χ3n) is 9.73. The van der Waals surface area contributed by atoms with Crippen molar-refractivity contribution < 1.29 is 28.2 Å². The molecule has 0 bridgehead atoms. The zero-order valence-corrected chi connectivity index (χ0v) is 31.9. The summed E-state index contributed by atoms with van der Waals surface area (Å²) in [5.41, 5.74) is 2.94. The number of nitrogens with one attached hydrogen (secondary N) is 3. The van der Waals surface area contributed by atoms with Gasteiger partial charge in [-0.3, -0.25) is 14.8 Å². The number of rotatable bonds is 19. The van der Waals surface area contributed by atoms with E-state index in [2.05, 4.69) is 40.8 Å². The van der Waals surface area contributed by atoms with E-state index >= 15 is 4.39 Å². The van der Waals surface area contributed by atoms with Gasteiger partial charge in [0.2, 0.25) is 0 Å². The van der Waals surface area contributed by atoms with Crippen molar-refractivity contribution in [1.82, 2.24) is 25.5 Å². The molecule has 4 heterocycles. The predicted molar refractivity (Wildman–Crippen MR) is 207 cm³/mol. The van der Waals surface area contributed by atoms with Crippen LogP contribution in [0.4, 0.5) is 19.7 Å². The Kier molecular flexibility index (Phi) is 14.5. The van der Waals surface area contributed by atoms with E-state index in [1.165, 1.54) is 23.5 Å². The number of hydrogen-bond acceptors (Lipinski definition) is 8. The van der Waals surface area contributed by atoms with Crippen LogP contribution in [0.1, 0.15) is 71.3 Å². The number of pyridine rings is 2. The summed E-state index contributed by atoms with van der Waals surface area (Å²) in [6.45, 7) is 8.13. The van der Waals surface area contributed by atoms with Crippen molar-refractivity contribution in [2.24, 2.45) is 11.8 Å². The van der Waals surface area contributed by atoms with E-state index in [1.807, 2.05) is 25.3 Å². The first-order valence-corrected chi connectivity index (χ1v) is 19.5. The number of benzene rings is 1. The molecule has 0 saturated carbocycles. The fourth-order valence-electron chi connectivity index (χ4n) is 6.45. The lowest BCUT2D eigenvalue weighted by molar-refractivity contribution is -0.124. The number of aromatic nitrogens is 2. The van der Waals surface area contributed by atoms with E-state index in [4.69, 9.17) is 14.5 Å². The summed E-state index contributed by atoms with van der Waals surface area (Å²) in [6, 6.07) is 11.2. The van der Waals surface area contributed by atoms with Crippen LogP contribution in [-0.2, 0) is 16.0 Å². The predicted octanol–water partition coefficient (Wildman–Crippen LogP) is 8.59. The number of fused-ring (bicyclic) bond motifs is 1. The van der Waals surface area contributed by atoms with Crippen LogP contribution >= 0.6 is 11.3 Å². The minimum atomic E-state index is -0.633. The number of unbranched alkanes of at least 4 members (excludes halogenated alkanes) is 1. The number of Topliss-reactive ketones (excluding diaryl/α,β-unsaturated/α-hetero) is 1. The van der Waals surface area contributed by atoms with Crippen LogP contribution in [0.3, 0.4) is 0 Å². The average molecular weight is 747 g/mol. The molecule has 284 valence electrons. The Hall–Kier alpha value is -4.62. The Bertz CT molecular complexity index is 1830. The Morgan fingerprint density at radius 2 is 1.81 bits per heavy atom. The number of carbonyl (C=O) groups is 3. The van der Waals surface area contributed by atoms with Gasteiger partial charge in [-0.1, -0.05) is 39.2 Å². The third-order valence-corrected chi connectivity index (χ3v) is 10.9. The number of halogens is 1. The second-order valence-electron chi connectivity index (χ2n) is 13.5. The van der Waals surface area contributed by atoms with Crippen LogP contribution in [-0.4, -0.2) is 72.1 Å². The van der Waals surface area contributed by atoms with Gasteiger partial charge in [0.15, 0.2) is 11.6 Å². The molecule has 13 heteroatoms. The molecule has 1 unspecified atom stereocenters. The van der Waals surface area contributed by atoms with Crippen LogP contribution in [0.25, 0.3) is 20.8 Å². The number of ether oxygens (including phenoxy) is 2. The van der Waals surface area contributed by atoms with Crippen LogP contribution < -0.4 is 20.7 Å². The van der Waals surface area contributed by atoms with Gasteiger partial charge in [-0.2, -0.15) is 0 Å². The fraction of sp³-hybridized carbons (Fsp3) is 0.475. The van der Waals surface area contributed by atoms with Crippen LogP contribution in [0, 0.1) is 17.7 Å². The van der Waals surface area contributed by atoms with Gasteiger partial charge in [0.1, 0.15) is 11.5 Å². The van der Waals surface area contributed by atoms with Crippen LogP contribution in [0.2, 0.25) is 0 Å². The van der Waals surface area contributed by atoms with Gasteiger partial charge in [0, 0.05) is 75.9 Å². The number of nitrogens with zero attached hydrogens (tertiary/aromatic N) is 3. The molecule has 0 aliphatic carbocycles. The van der Waals surface area contributed by atoms with Gasteiger partial charge in [0.25, 0.3) is 0 Å². The summed E-state index contributed by atoms with van der Waals surface area (Å²) in [5.74, 6) is 0.746. The zero-order valence-electron chi connectivity index (χ0n) is 31.1. The molecule has 0 spiro atoms. The molecule has 3 aromatic heterocycles. The minimum absolute atomic E-state index is 0.0120. The van der Waals surface area contributed by atoms with Crippen molar-refractivity contribution in [3.63, 3.8) is 0 Å². The summed E-state index contributed by atoms with van der Waals surface area (Å²) in [5, 5.41) is 8.15. The monoisotopic (exact) mass is 746 g/mol. The van der Waals surface area contributed by atoms with E-state index in [9.17, 15) is 14.4 Å². The lowest BCUT2D eigenvalue weighted by Crippen LogP contribution is -2.63. The Morgan fingerprint density at radius 3 is 2.51 bits per heavy atom. The number of aryl methyl sites for hydroxylation is 1. The Balaban J connectivity index is 1.13. The van der Waals surface area contributed by atoms with E-state index in [1.54, 1.807) is 30.3 Å². The van der Waals surface area contributed by atoms with Crippen molar-refractivity contribution >= 4 is 45.1 Å². The second-order valence-corrected chi connectivity index (χ2v) is 14.6. The summed E-state index contributed by atoms with van der Waals surface area (Å²) in [7, 11) is 1.69. The normalized spacial score (nSPS) is 13.5. The van der Waals surface area contributed by atoms with Crippen LogP contribution in [0.15, 0.2) is 54.9 Å². The van der Waals surface area contributed by atoms with E-state index in [-0.39, 0.29) is 29.4 Å². The molecule has 11 nitrogen and oxygen atoms in total. The van der Waals surface area contributed by atoms with Crippen molar-refractivity contribution in [1.29, 1.82) is 0 Å². The molecule has 0 radical (unpaired) electrons. The zero-order chi connectivity index (χ0) is 37.7.